The topological polar surface area (TPSA) is 77.1 Å². The quantitative estimate of drug-likeness (QED) is 0.482. The Morgan fingerprint density at radius 2 is 1.94 bits per heavy atom. The van der Waals surface area contributed by atoms with E-state index in [1.54, 1.807) is 6.92 Å². The third-order valence-corrected chi connectivity index (χ3v) is 6.65. The van der Waals surface area contributed by atoms with E-state index in [1.165, 1.54) is 22.9 Å². The largest absolute Gasteiger partial charge is 0.331 e. The molecule has 3 aromatic rings. The molecule has 0 saturated carbocycles. The van der Waals surface area contributed by atoms with Crippen LogP contribution in [-0.2, 0) is 4.79 Å². The highest BCUT2D eigenvalue weighted by molar-refractivity contribution is 7.99. The van der Waals surface area contributed by atoms with Crippen LogP contribution in [0.15, 0.2) is 41.7 Å². The average Bonchev–Trinajstić information content (AvgIpc) is 3.17. The number of carbonyl (C=O) groups is 1. The number of anilines is 1. The van der Waals surface area contributed by atoms with E-state index < -0.39 is 0 Å². The van der Waals surface area contributed by atoms with Crippen LogP contribution in [-0.4, -0.2) is 45.5 Å². The van der Waals surface area contributed by atoms with Crippen molar-refractivity contribution in [1.29, 1.82) is 0 Å². The summed E-state index contributed by atoms with van der Waals surface area (Å²) in [4.78, 5) is 17.9. The first kappa shape index (κ1) is 23.5. The van der Waals surface area contributed by atoms with Gasteiger partial charge < -0.3 is 10.2 Å². The highest BCUT2D eigenvalue weighted by atomic mass is 35.5. The highest BCUT2D eigenvalue weighted by Gasteiger charge is 2.26. The number of amides is 1. The molecule has 3 rings (SSSR count). The molecule has 164 valence electrons. The molecular weight excluding hydrogens is 455 g/mol. The molecule has 0 fully saturated rings. The summed E-state index contributed by atoms with van der Waals surface area (Å²) < 4.78 is 2.02. The summed E-state index contributed by atoms with van der Waals surface area (Å²) in [6.45, 7) is 3.91. The molecule has 0 aliphatic carbocycles. The van der Waals surface area contributed by atoms with Crippen molar-refractivity contribution in [3.05, 3.63) is 58.0 Å². The predicted octanol–water partition coefficient (Wildman–Crippen LogP) is 3.60. The molecule has 1 atom stereocenters. The lowest BCUT2D eigenvalue weighted by atomic mass is 10.2. The zero-order chi connectivity index (χ0) is 22.5. The maximum atomic E-state index is 12.6. The van der Waals surface area contributed by atoms with Crippen LogP contribution < -0.4 is 10.2 Å². The minimum absolute atomic E-state index is 0.135. The Labute approximate surface area is 196 Å². The van der Waals surface area contributed by atoms with Crippen LogP contribution in [0.4, 0.5) is 5.82 Å². The summed E-state index contributed by atoms with van der Waals surface area (Å²) in [5.41, 5.74) is 1.63. The molecule has 0 aliphatic rings. The molecule has 7 nitrogen and oxygen atoms in total. The van der Waals surface area contributed by atoms with Gasteiger partial charge in [0.1, 0.15) is 6.04 Å². The van der Waals surface area contributed by atoms with Crippen LogP contribution in [0.3, 0.4) is 0 Å². The molecule has 0 bridgehead atoms. The fourth-order valence-corrected chi connectivity index (χ4v) is 4.36. The van der Waals surface area contributed by atoms with E-state index in [2.05, 4.69) is 41.5 Å². The molecule has 10 heteroatoms. The maximum absolute atomic E-state index is 12.6. The third-order valence-electron chi connectivity index (χ3n) is 4.88. The zero-order valence-electron chi connectivity index (χ0n) is 17.8. The summed E-state index contributed by atoms with van der Waals surface area (Å²) in [6.07, 6.45) is 2.39. The second-order valence-corrected chi connectivity index (χ2v) is 9.01. The van der Waals surface area contributed by atoms with Crippen molar-refractivity contribution in [2.75, 3.05) is 25.2 Å². The lowest BCUT2D eigenvalue weighted by Gasteiger charge is -2.20. The normalized spacial score (nSPS) is 12.2. The van der Waals surface area contributed by atoms with E-state index in [9.17, 15) is 4.79 Å². The number of aromatic nitrogens is 4. The number of benzene rings is 1. The highest BCUT2D eigenvalue weighted by Crippen LogP contribution is 2.29. The predicted molar refractivity (Wildman–Crippen MR) is 126 cm³/mol. The van der Waals surface area contributed by atoms with Crippen molar-refractivity contribution in [3.8, 4) is 5.69 Å². The first-order chi connectivity index (χ1) is 14.8. The van der Waals surface area contributed by atoms with Crippen molar-refractivity contribution in [2.24, 2.45) is 0 Å². The van der Waals surface area contributed by atoms with Crippen molar-refractivity contribution < 1.29 is 9.69 Å². The Morgan fingerprint density at radius 3 is 2.58 bits per heavy atom. The minimum Gasteiger partial charge on any atom is -0.331 e. The maximum Gasteiger partial charge on any atom is 0.236 e. The molecule has 0 radical (unpaired) electrons. The Balaban J connectivity index is 1.82. The molecule has 1 aromatic carbocycles. The van der Waals surface area contributed by atoms with Crippen LogP contribution in [0, 0.1) is 6.92 Å². The number of quaternary nitrogens is 1. The number of halogens is 2. The number of para-hydroxylation sites is 1. The standard InChI is InChI=1S/C21H24Cl2N6OS/c1-5-16(28(3)4)20-26-27-21(29(20)14-9-7-6-8-10-14)31-12-17(30)25-19-18(23)13(2)15(22)11-24-19/h6-11,16H,5,12H2,1-4H3,(H,24,25,30)/p+1/t16-/m1/s1. The average molecular weight is 480 g/mol. The number of hydrogen-bond acceptors (Lipinski definition) is 5. The first-order valence-electron chi connectivity index (χ1n) is 9.87. The lowest BCUT2D eigenvalue weighted by Crippen LogP contribution is -3.06. The van der Waals surface area contributed by atoms with Gasteiger partial charge in [-0.3, -0.25) is 9.36 Å². The van der Waals surface area contributed by atoms with Gasteiger partial charge in [-0.1, -0.05) is 60.1 Å². The molecule has 2 N–H and O–H groups in total. The molecule has 0 aliphatic heterocycles. The van der Waals surface area contributed by atoms with Gasteiger partial charge in [-0.2, -0.15) is 0 Å². The van der Waals surface area contributed by atoms with Gasteiger partial charge in [-0.05, 0) is 24.6 Å². The Hall–Kier alpha value is -2.13. The lowest BCUT2D eigenvalue weighted by molar-refractivity contribution is -0.893. The van der Waals surface area contributed by atoms with Gasteiger partial charge in [0.25, 0.3) is 0 Å². The SMILES string of the molecule is CC[C@H](c1nnc(SCC(=O)Nc2ncc(Cl)c(C)c2Cl)n1-c1ccccc1)[NH+](C)C. The van der Waals surface area contributed by atoms with Gasteiger partial charge in [0, 0.05) is 18.3 Å². The van der Waals surface area contributed by atoms with E-state index in [0.29, 0.717) is 26.6 Å². The van der Waals surface area contributed by atoms with Crippen LogP contribution in [0.25, 0.3) is 5.69 Å². The second-order valence-electron chi connectivity index (χ2n) is 7.28. The molecule has 0 saturated heterocycles. The van der Waals surface area contributed by atoms with Crippen LogP contribution >= 0.6 is 35.0 Å². The van der Waals surface area contributed by atoms with E-state index in [-0.39, 0.29) is 17.7 Å². The van der Waals surface area contributed by atoms with Crippen molar-refractivity contribution >= 4 is 46.7 Å². The van der Waals surface area contributed by atoms with Crippen molar-refractivity contribution in [3.63, 3.8) is 0 Å². The molecule has 2 aromatic heterocycles. The zero-order valence-corrected chi connectivity index (χ0v) is 20.1. The Morgan fingerprint density at radius 1 is 1.23 bits per heavy atom. The van der Waals surface area contributed by atoms with Crippen molar-refractivity contribution in [1.82, 2.24) is 19.7 Å². The summed E-state index contributed by atoms with van der Waals surface area (Å²) in [5.74, 6) is 1.06. The number of hydrogen-bond donors (Lipinski definition) is 2. The molecule has 0 spiro atoms. The smallest absolute Gasteiger partial charge is 0.236 e. The summed E-state index contributed by atoms with van der Waals surface area (Å²) in [6, 6.07) is 10.1. The van der Waals surface area contributed by atoms with E-state index >= 15 is 0 Å². The van der Waals surface area contributed by atoms with Crippen molar-refractivity contribution in [2.45, 2.75) is 31.5 Å². The summed E-state index contributed by atoms with van der Waals surface area (Å²) in [5, 5.41) is 13.0. The van der Waals surface area contributed by atoms with Gasteiger partial charge in [0.15, 0.2) is 16.8 Å². The van der Waals surface area contributed by atoms with Gasteiger partial charge in [-0.25, -0.2) is 4.98 Å². The van der Waals surface area contributed by atoms with E-state index in [4.69, 9.17) is 23.2 Å². The Kier molecular flexibility index (Phi) is 7.94. The van der Waals surface area contributed by atoms with Crippen LogP contribution in [0.1, 0.15) is 30.8 Å². The van der Waals surface area contributed by atoms with Gasteiger partial charge in [-0.15, -0.1) is 10.2 Å². The number of thioether (sulfide) groups is 1. The summed E-state index contributed by atoms with van der Waals surface area (Å²) in [7, 11) is 4.20. The minimum atomic E-state index is -0.240. The second kappa shape index (κ2) is 10.5. The van der Waals surface area contributed by atoms with E-state index in [1.807, 2.05) is 34.9 Å². The van der Waals surface area contributed by atoms with Gasteiger partial charge in [0.2, 0.25) is 5.91 Å². The number of nitrogens with one attached hydrogen (secondary N) is 2. The number of carbonyl (C=O) groups excluding carboxylic acids is 1. The number of pyridine rings is 1. The molecule has 2 heterocycles. The fraction of sp³-hybridized carbons (Fsp3) is 0.333. The molecule has 1 amide bonds. The molecular formula is C21H25Cl2N6OS+. The van der Waals surface area contributed by atoms with Gasteiger partial charge in [0.05, 0.1) is 29.9 Å². The fourth-order valence-electron chi connectivity index (χ4n) is 3.21. The van der Waals surface area contributed by atoms with Crippen LogP contribution in [0.5, 0.6) is 0 Å². The number of rotatable bonds is 8. The Bertz CT molecular complexity index is 1060. The monoisotopic (exact) mass is 479 g/mol. The van der Waals surface area contributed by atoms with E-state index in [0.717, 1.165) is 17.9 Å². The molecule has 31 heavy (non-hydrogen) atoms. The van der Waals surface area contributed by atoms with Crippen LogP contribution in [0.2, 0.25) is 10.0 Å². The molecule has 0 unspecified atom stereocenters. The first-order valence-corrected chi connectivity index (χ1v) is 11.6. The third kappa shape index (κ3) is 5.38. The summed E-state index contributed by atoms with van der Waals surface area (Å²) >= 11 is 13.6. The number of nitrogens with zero attached hydrogens (tertiary/aromatic N) is 4. The van der Waals surface area contributed by atoms with Gasteiger partial charge >= 0.3 is 0 Å².